The van der Waals surface area contributed by atoms with E-state index in [1.165, 1.54) is 184 Å². The second-order valence-electron chi connectivity index (χ2n) is 19.2. The Bertz CT molecular complexity index is 1980. The van der Waals surface area contributed by atoms with E-state index in [4.69, 9.17) is 0 Å². The molecule has 0 bridgehead atoms. The third-order valence-electron chi connectivity index (χ3n) is 14.1. The molecule has 10 heteroatoms. The molecule has 0 aliphatic heterocycles. The first-order chi connectivity index (χ1) is 32.2. The number of ether oxygens (including phenoxy) is 2. The van der Waals surface area contributed by atoms with Crippen LogP contribution in [-0.2, 0) is 0 Å². The Morgan fingerprint density at radius 2 is 0.687 bits per heavy atom. The lowest BCUT2D eigenvalue weighted by atomic mass is 9.77. The summed E-state index contributed by atoms with van der Waals surface area (Å²) in [7, 11) is 0. The molecule has 0 aromatic heterocycles. The Morgan fingerprint density at radius 1 is 0.388 bits per heavy atom. The molecule has 4 aromatic rings. The SMILES string of the molecule is CCCCCCCCCC1CCC(c2ccc(-c3ccc(OC(F)(F)F)c(F)c3)cc2)CC1.CCCCCCCCCCC1CCC(c2ccc(-c3ccc(OC(F)(F)F)c(F)c3)cc2)CC1. The molecule has 0 unspecified atom stereocenters. The van der Waals surface area contributed by atoms with E-state index in [9.17, 15) is 35.1 Å². The minimum atomic E-state index is -4.91. The van der Waals surface area contributed by atoms with Gasteiger partial charge in [0.05, 0.1) is 0 Å². The normalized spacial score (nSPS) is 18.8. The molecule has 0 atom stereocenters. The highest BCUT2D eigenvalue weighted by atomic mass is 19.4. The van der Waals surface area contributed by atoms with E-state index >= 15 is 0 Å². The molecule has 0 spiro atoms. The van der Waals surface area contributed by atoms with Crippen molar-refractivity contribution in [3.8, 4) is 33.8 Å². The largest absolute Gasteiger partial charge is 0.573 e. The second-order valence-corrected chi connectivity index (χ2v) is 19.2. The van der Waals surface area contributed by atoms with E-state index in [2.05, 4.69) is 47.6 Å². The fourth-order valence-electron chi connectivity index (χ4n) is 10.2. The molecule has 0 saturated heterocycles. The van der Waals surface area contributed by atoms with Gasteiger partial charge in [0, 0.05) is 0 Å². The van der Waals surface area contributed by atoms with Gasteiger partial charge in [-0.25, -0.2) is 8.78 Å². The van der Waals surface area contributed by atoms with E-state index in [1.807, 2.05) is 24.3 Å². The Kier molecular flexibility index (Phi) is 22.4. The summed E-state index contributed by atoms with van der Waals surface area (Å²) in [6.45, 7) is 4.51. The van der Waals surface area contributed by atoms with Crippen molar-refractivity contribution in [2.24, 2.45) is 11.8 Å². The quantitative estimate of drug-likeness (QED) is 0.0545. The third-order valence-corrected chi connectivity index (χ3v) is 14.1. The average Bonchev–Trinajstić information content (AvgIpc) is 3.31. The van der Waals surface area contributed by atoms with Gasteiger partial charge < -0.3 is 9.47 Å². The molecule has 0 N–H and O–H groups in total. The summed E-state index contributed by atoms with van der Waals surface area (Å²) in [5.41, 5.74) is 5.23. The lowest BCUT2D eigenvalue weighted by molar-refractivity contribution is -0.276. The summed E-state index contributed by atoms with van der Waals surface area (Å²) in [6.07, 6.45) is 23.4. The topological polar surface area (TPSA) is 18.5 Å². The molecular weight excluding hydrogens is 869 g/mol. The van der Waals surface area contributed by atoms with Crippen LogP contribution >= 0.6 is 0 Å². The Hall–Kier alpha value is -4.08. The molecule has 2 nitrogen and oxygen atoms in total. The molecule has 0 amide bonds. The molecule has 2 saturated carbocycles. The van der Waals surface area contributed by atoms with Crippen LogP contribution in [0.15, 0.2) is 84.9 Å². The maximum atomic E-state index is 14.0. The van der Waals surface area contributed by atoms with Gasteiger partial charge >= 0.3 is 12.7 Å². The number of unbranched alkanes of at least 4 members (excludes halogenated alkanes) is 13. The minimum Gasteiger partial charge on any atom is -0.403 e. The van der Waals surface area contributed by atoms with Crippen LogP contribution in [0.5, 0.6) is 11.5 Å². The van der Waals surface area contributed by atoms with Gasteiger partial charge in [-0.2, -0.15) is 0 Å². The monoisotopic (exact) mass is 943 g/mol. The fraction of sp³-hybridized carbons (Fsp3) is 0.579. The molecular formula is C57H74F8O2. The Morgan fingerprint density at radius 3 is 0.985 bits per heavy atom. The van der Waals surface area contributed by atoms with Gasteiger partial charge in [0.15, 0.2) is 23.1 Å². The van der Waals surface area contributed by atoms with Crippen molar-refractivity contribution in [2.75, 3.05) is 0 Å². The van der Waals surface area contributed by atoms with E-state index in [0.717, 1.165) is 47.2 Å². The van der Waals surface area contributed by atoms with Gasteiger partial charge in [-0.1, -0.05) is 184 Å². The molecule has 0 radical (unpaired) electrons. The van der Waals surface area contributed by atoms with Crippen LogP contribution in [-0.4, -0.2) is 12.7 Å². The van der Waals surface area contributed by atoms with Crippen molar-refractivity contribution >= 4 is 0 Å². The van der Waals surface area contributed by atoms with Crippen LogP contribution in [0.1, 0.15) is 197 Å². The van der Waals surface area contributed by atoms with Crippen LogP contribution in [0.4, 0.5) is 35.1 Å². The van der Waals surface area contributed by atoms with Crippen LogP contribution < -0.4 is 9.47 Å². The van der Waals surface area contributed by atoms with Gasteiger partial charge in [-0.15, -0.1) is 26.3 Å². The molecule has 4 aromatic carbocycles. The number of hydrogen-bond donors (Lipinski definition) is 0. The number of rotatable bonds is 23. The zero-order chi connectivity index (χ0) is 48.1. The first kappa shape index (κ1) is 53.9. The zero-order valence-corrected chi connectivity index (χ0v) is 39.9. The summed E-state index contributed by atoms with van der Waals surface area (Å²) in [5.74, 6) is -0.825. The van der Waals surface area contributed by atoms with E-state index < -0.39 is 35.9 Å². The molecule has 2 aliphatic carbocycles. The van der Waals surface area contributed by atoms with Gasteiger partial charge in [0.25, 0.3) is 0 Å². The second kappa shape index (κ2) is 27.8. The Balaban J connectivity index is 0.000000251. The lowest BCUT2D eigenvalue weighted by Crippen LogP contribution is -2.17. The summed E-state index contributed by atoms with van der Waals surface area (Å²) in [5, 5.41) is 0. The van der Waals surface area contributed by atoms with Crippen molar-refractivity contribution in [1.29, 1.82) is 0 Å². The van der Waals surface area contributed by atoms with Crippen LogP contribution in [0.2, 0.25) is 0 Å². The van der Waals surface area contributed by atoms with Gasteiger partial charge in [0.1, 0.15) is 0 Å². The van der Waals surface area contributed by atoms with Crippen molar-refractivity contribution in [2.45, 2.75) is 199 Å². The average molecular weight is 943 g/mol. The zero-order valence-electron chi connectivity index (χ0n) is 39.9. The molecule has 67 heavy (non-hydrogen) atoms. The van der Waals surface area contributed by atoms with Crippen LogP contribution in [0.3, 0.4) is 0 Å². The van der Waals surface area contributed by atoms with Gasteiger partial charge in [-0.3, -0.25) is 0 Å². The van der Waals surface area contributed by atoms with Crippen LogP contribution in [0.25, 0.3) is 22.3 Å². The highest BCUT2D eigenvalue weighted by molar-refractivity contribution is 5.66. The molecule has 370 valence electrons. The third kappa shape index (κ3) is 19.4. The Labute approximate surface area is 395 Å². The summed E-state index contributed by atoms with van der Waals surface area (Å²) in [6, 6.07) is 23.2. The minimum absolute atomic E-state index is 0.534. The van der Waals surface area contributed by atoms with Crippen LogP contribution in [0, 0.1) is 23.5 Å². The summed E-state index contributed by atoms with van der Waals surface area (Å²) in [4.78, 5) is 0. The van der Waals surface area contributed by atoms with Crippen molar-refractivity contribution in [1.82, 2.24) is 0 Å². The lowest BCUT2D eigenvalue weighted by Gasteiger charge is -2.29. The predicted octanol–water partition coefficient (Wildman–Crippen LogP) is 20.0. The fourth-order valence-corrected chi connectivity index (χ4v) is 10.2. The highest BCUT2D eigenvalue weighted by Gasteiger charge is 2.33. The predicted molar refractivity (Wildman–Crippen MR) is 256 cm³/mol. The van der Waals surface area contributed by atoms with E-state index in [0.29, 0.717) is 23.0 Å². The van der Waals surface area contributed by atoms with Crippen molar-refractivity contribution < 1.29 is 44.6 Å². The number of halogens is 8. The number of benzene rings is 4. The molecule has 2 fully saturated rings. The highest BCUT2D eigenvalue weighted by Crippen LogP contribution is 2.41. The molecule has 0 heterocycles. The smallest absolute Gasteiger partial charge is 0.403 e. The number of alkyl halides is 6. The molecule has 6 rings (SSSR count). The standard InChI is InChI=1S/C29H38F4O.C28H36F4O/c1-2-3-4-5-6-7-8-9-10-22-11-13-23(14-12-22)24-15-17-25(18-16-24)26-19-20-28(27(30)21-26)34-29(31,32)33;1-2-3-4-5-6-7-8-9-21-10-12-22(13-11-21)23-14-16-24(17-15-23)25-18-19-27(26(29)20-25)33-28(30,31)32/h15-23H,2-14H2,1H3;14-22H,2-13H2,1H3. The summed E-state index contributed by atoms with van der Waals surface area (Å²) < 4.78 is 110. The summed E-state index contributed by atoms with van der Waals surface area (Å²) >= 11 is 0. The van der Waals surface area contributed by atoms with E-state index in [1.54, 1.807) is 0 Å². The van der Waals surface area contributed by atoms with Gasteiger partial charge in [0.2, 0.25) is 0 Å². The van der Waals surface area contributed by atoms with Gasteiger partial charge in [-0.05, 0) is 133 Å². The number of hydrogen-bond acceptors (Lipinski definition) is 2. The van der Waals surface area contributed by atoms with E-state index in [-0.39, 0.29) is 0 Å². The van der Waals surface area contributed by atoms with Crippen molar-refractivity contribution in [3.63, 3.8) is 0 Å². The van der Waals surface area contributed by atoms with Crippen molar-refractivity contribution in [3.05, 3.63) is 108 Å². The first-order valence-electron chi connectivity index (χ1n) is 25.5. The first-order valence-corrected chi connectivity index (χ1v) is 25.5. The maximum Gasteiger partial charge on any atom is 0.573 e. The maximum absolute atomic E-state index is 14.0. The molecule has 2 aliphatic rings.